The highest BCUT2D eigenvalue weighted by Crippen LogP contribution is 2.13. The van der Waals surface area contributed by atoms with E-state index in [1.54, 1.807) is 12.1 Å². The van der Waals surface area contributed by atoms with Crippen molar-refractivity contribution in [3.63, 3.8) is 0 Å². The van der Waals surface area contributed by atoms with Crippen molar-refractivity contribution in [2.45, 2.75) is 18.4 Å². The largest absolute Gasteiger partial charge is 0.377 e. The molecule has 0 amide bonds. The molecule has 0 aliphatic heterocycles. The van der Waals surface area contributed by atoms with Crippen LogP contribution in [0.2, 0.25) is 0 Å². The highest BCUT2D eigenvalue weighted by atomic mass is 32.2. The minimum absolute atomic E-state index is 0.0588. The van der Waals surface area contributed by atoms with Crippen molar-refractivity contribution in [2.75, 3.05) is 132 Å². The van der Waals surface area contributed by atoms with Gasteiger partial charge in [0.05, 0.1) is 144 Å². The second kappa shape index (κ2) is 29.8. The summed E-state index contributed by atoms with van der Waals surface area (Å²) in [6.07, 6.45) is 0. The number of ether oxygens (including phenoxy) is 10. The van der Waals surface area contributed by atoms with Gasteiger partial charge in [-0.25, -0.2) is 0 Å². The maximum absolute atomic E-state index is 12.1. The van der Waals surface area contributed by atoms with Gasteiger partial charge in [-0.05, 0) is 24.6 Å². The Morgan fingerprint density at radius 3 is 1.06 bits per heavy atom. The van der Waals surface area contributed by atoms with Crippen molar-refractivity contribution < 1.29 is 60.0 Å². The molecule has 0 unspecified atom stereocenters. The van der Waals surface area contributed by atoms with Crippen LogP contribution < -0.4 is 0 Å². The third-order valence-corrected chi connectivity index (χ3v) is 7.56. The molecule has 274 valence electrons. The van der Waals surface area contributed by atoms with Crippen LogP contribution in [0.15, 0.2) is 59.5 Å². The van der Waals surface area contributed by atoms with E-state index in [4.69, 9.17) is 51.6 Å². The van der Waals surface area contributed by atoms with Gasteiger partial charge >= 0.3 is 0 Å². The Bertz CT molecular complexity index is 1090. The van der Waals surface area contributed by atoms with Crippen molar-refractivity contribution in [2.24, 2.45) is 0 Å². The fourth-order valence-electron chi connectivity index (χ4n) is 3.72. The molecule has 0 spiro atoms. The monoisotopic (exact) mass is 702 g/mol. The fourth-order valence-corrected chi connectivity index (χ4v) is 4.61. The molecule has 0 atom stereocenters. The van der Waals surface area contributed by atoms with E-state index in [1.807, 2.05) is 37.3 Å². The lowest BCUT2D eigenvalue weighted by atomic mass is 10.2. The standard InChI is InChI=1S/C34H54O13S/c1-32-7-9-34(10-8-32)48(35,36)47-30-29-45-26-25-43-22-21-41-18-17-39-14-13-37-11-12-38-15-16-40-19-20-42-23-24-44-27-28-46-31-33-5-3-2-4-6-33/h2-10H,11-31H2,1H3. The Kier molecular flexibility index (Phi) is 26.2. The average molecular weight is 703 g/mol. The zero-order valence-electron chi connectivity index (χ0n) is 28.3. The Balaban J connectivity index is 1.17. The zero-order valence-corrected chi connectivity index (χ0v) is 29.1. The molecule has 48 heavy (non-hydrogen) atoms. The summed E-state index contributed by atoms with van der Waals surface area (Å²) < 4.78 is 83.8. The summed E-state index contributed by atoms with van der Waals surface area (Å²) in [7, 11) is -3.77. The van der Waals surface area contributed by atoms with Crippen LogP contribution in [0.25, 0.3) is 0 Å². The minimum Gasteiger partial charge on any atom is -0.377 e. The van der Waals surface area contributed by atoms with Crippen molar-refractivity contribution in [3.8, 4) is 0 Å². The van der Waals surface area contributed by atoms with Crippen molar-refractivity contribution >= 4 is 10.1 Å². The summed E-state index contributed by atoms with van der Waals surface area (Å²) in [5, 5.41) is 0. The lowest BCUT2D eigenvalue weighted by Gasteiger charge is -2.09. The molecule has 0 heterocycles. The first kappa shape index (κ1) is 42.1. The summed E-state index contributed by atoms with van der Waals surface area (Å²) in [4.78, 5) is 0.128. The van der Waals surface area contributed by atoms with E-state index in [0.717, 1.165) is 11.1 Å². The molecule has 0 aliphatic carbocycles. The van der Waals surface area contributed by atoms with Gasteiger partial charge < -0.3 is 47.4 Å². The Hall–Kier alpha value is -2.05. The third kappa shape index (κ3) is 24.1. The molecule has 0 aromatic heterocycles. The molecule has 2 rings (SSSR count). The second-order valence-electron chi connectivity index (χ2n) is 10.1. The van der Waals surface area contributed by atoms with Gasteiger partial charge in [0.25, 0.3) is 10.1 Å². The molecule has 0 saturated heterocycles. The van der Waals surface area contributed by atoms with Crippen LogP contribution in [-0.2, 0) is 68.3 Å². The van der Waals surface area contributed by atoms with E-state index in [1.165, 1.54) is 12.1 Å². The summed E-state index contributed by atoms with van der Waals surface area (Å²) in [5.74, 6) is 0. The number of hydrogen-bond acceptors (Lipinski definition) is 13. The van der Waals surface area contributed by atoms with Crippen LogP contribution in [0, 0.1) is 6.92 Å². The van der Waals surface area contributed by atoms with Crippen LogP contribution in [0.4, 0.5) is 0 Å². The first-order chi connectivity index (χ1) is 23.6. The van der Waals surface area contributed by atoms with Crippen molar-refractivity contribution in [3.05, 3.63) is 65.7 Å². The maximum atomic E-state index is 12.1. The molecule has 0 saturated carbocycles. The van der Waals surface area contributed by atoms with E-state index in [0.29, 0.717) is 126 Å². The Morgan fingerprint density at radius 1 is 0.396 bits per heavy atom. The minimum atomic E-state index is -3.77. The first-order valence-electron chi connectivity index (χ1n) is 16.4. The van der Waals surface area contributed by atoms with Gasteiger partial charge in [0.1, 0.15) is 0 Å². The van der Waals surface area contributed by atoms with E-state index in [2.05, 4.69) is 0 Å². The van der Waals surface area contributed by atoms with Crippen LogP contribution in [0.5, 0.6) is 0 Å². The molecular weight excluding hydrogens is 648 g/mol. The maximum Gasteiger partial charge on any atom is 0.297 e. The topological polar surface area (TPSA) is 136 Å². The smallest absolute Gasteiger partial charge is 0.297 e. The van der Waals surface area contributed by atoms with Gasteiger partial charge in [-0.15, -0.1) is 0 Å². The lowest BCUT2D eigenvalue weighted by molar-refractivity contribution is -0.0269. The molecule has 2 aromatic rings. The molecule has 2 aromatic carbocycles. The summed E-state index contributed by atoms with van der Waals surface area (Å²) >= 11 is 0. The third-order valence-electron chi connectivity index (χ3n) is 6.24. The number of benzene rings is 2. The van der Waals surface area contributed by atoms with E-state index in [9.17, 15) is 8.42 Å². The van der Waals surface area contributed by atoms with Gasteiger partial charge in [0.2, 0.25) is 0 Å². The van der Waals surface area contributed by atoms with Crippen LogP contribution in [0.1, 0.15) is 11.1 Å². The van der Waals surface area contributed by atoms with E-state index >= 15 is 0 Å². The highest BCUT2D eigenvalue weighted by Gasteiger charge is 2.14. The molecule has 0 fully saturated rings. The van der Waals surface area contributed by atoms with Crippen molar-refractivity contribution in [1.29, 1.82) is 0 Å². The molecule has 0 radical (unpaired) electrons. The number of rotatable bonds is 34. The number of hydrogen-bond donors (Lipinski definition) is 0. The fraction of sp³-hybridized carbons (Fsp3) is 0.647. The average Bonchev–Trinajstić information content (AvgIpc) is 3.09. The second-order valence-corrected chi connectivity index (χ2v) is 11.8. The van der Waals surface area contributed by atoms with Crippen LogP contribution in [0.3, 0.4) is 0 Å². The molecule has 0 bridgehead atoms. The summed E-state index contributed by atoms with van der Waals surface area (Å²) in [6, 6.07) is 16.5. The van der Waals surface area contributed by atoms with Crippen molar-refractivity contribution in [1.82, 2.24) is 0 Å². The molecule has 0 aliphatic rings. The lowest BCUT2D eigenvalue weighted by Crippen LogP contribution is -2.15. The Labute approximate surface area is 286 Å². The van der Waals surface area contributed by atoms with Crippen LogP contribution >= 0.6 is 0 Å². The zero-order chi connectivity index (χ0) is 34.2. The molecule has 14 heteroatoms. The first-order valence-corrected chi connectivity index (χ1v) is 17.8. The van der Waals surface area contributed by atoms with Gasteiger partial charge in [-0.1, -0.05) is 48.0 Å². The van der Waals surface area contributed by atoms with Gasteiger partial charge in [0.15, 0.2) is 0 Å². The predicted octanol–water partition coefficient (Wildman–Crippen LogP) is 3.07. The van der Waals surface area contributed by atoms with E-state index in [-0.39, 0.29) is 18.1 Å². The SMILES string of the molecule is Cc1ccc(S(=O)(=O)OCCOCCOCCOCCOCCOCCOCCOCCOCCOCCOCc2ccccc2)cc1. The van der Waals surface area contributed by atoms with Crippen LogP contribution in [-0.4, -0.2) is 141 Å². The van der Waals surface area contributed by atoms with Gasteiger partial charge in [-0.3, -0.25) is 4.18 Å². The van der Waals surface area contributed by atoms with Gasteiger partial charge in [0, 0.05) is 0 Å². The normalized spacial score (nSPS) is 11.8. The highest BCUT2D eigenvalue weighted by molar-refractivity contribution is 7.86. The summed E-state index contributed by atoms with van der Waals surface area (Å²) in [5.41, 5.74) is 2.13. The Morgan fingerprint density at radius 2 is 0.708 bits per heavy atom. The summed E-state index contributed by atoms with van der Waals surface area (Å²) in [6.45, 7) is 11.1. The molecular formula is C34H54O13S. The van der Waals surface area contributed by atoms with E-state index < -0.39 is 10.1 Å². The molecule has 13 nitrogen and oxygen atoms in total. The molecule has 0 N–H and O–H groups in total. The van der Waals surface area contributed by atoms with Gasteiger partial charge in [-0.2, -0.15) is 8.42 Å². The predicted molar refractivity (Wildman–Crippen MR) is 178 cm³/mol. The number of aryl methyl sites for hydroxylation is 1. The quantitative estimate of drug-likeness (QED) is 0.0782.